The van der Waals surface area contributed by atoms with E-state index >= 15 is 0 Å². The molecule has 2 heteroatoms. The van der Waals surface area contributed by atoms with Crippen molar-refractivity contribution in [3.63, 3.8) is 0 Å². The number of rotatable bonds is 4. The molecule has 1 aromatic carbocycles. The van der Waals surface area contributed by atoms with E-state index in [1.165, 1.54) is 36.9 Å². The largest absolute Gasteiger partial charge is 0.367 e. The van der Waals surface area contributed by atoms with Crippen LogP contribution in [0.3, 0.4) is 0 Å². The van der Waals surface area contributed by atoms with E-state index in [0.717, 1.165) is 13.1 Å². The number of para-hydroxylation sites is 1. The van der Waals surface area contributed by atoms with E-state index in [9.17, 15) is 0 Å². The van der Waals surface area contributed by atoms with E-state index < -0.39 is 0 Å². The van der Waals surface area contributed by atoms with Crippen molar-refractivity contribution in [3.05, 3.63) is 29.8 Å². The smallest absolute Gasteiger partial charge is 0.0437 e. The zero-order valence-electron chi connectivity index (χ0n) is 11.7. The van der Waals surface area contributed by atoms with Crippen molar-refractivity contribution in [3.8, 4) is 0 Å². The Morgan fingerprint density at radius 1 is 1.28 bits per heavy atom. The molecule has 0 saturated heterocycles. The summed E-state index contributed by atoms with van der Waals surface area (Å²) in [4.78, 5) is 2.57. The lowest BCUT2D eigenvalue weighted by atomic mass is 9.96. The van der Waals surface area contributed by atoms with Crippen molar-refractivity contribution in [1.82, 2.24) is 0 Å². The van der Waals surface area contributed by atoms with Crippen LogP contribution in [0.25, 0.3) is 0 Å². The molecule has 100 valence electrons. The molecule has 2 rings (SSSR count). The highest BCUT2D eigenvalue weighted by atomic mass is 15.2. The standard InChI is InChI=1S/C16H26N2/c1-3-13(2)16(12-17)18-11-7-6-9-14-8-4-5-10-15(14)18/h4-5,8,10,13,16H,3,6-7,9,11-12,17H2,1-2H3. The van der Waals surface area contributed by atoms with E-state index in [0.29, 0.717) is 12.0 Å². The van der Waals surface area contributed by atoms with Crippen molar-refractivity contribution in [2.45, 2.75) is 45.6 Å². The average Bonchev–Trinajstić information content (AvgIpc) is 2.62. The monoisotopic (exact) mass is 246 g/mol. The van der Waals surface area contributed by atoms with Crippen LogP contribution in [-0.2, 0) is 6.42 Å². The highest BCUT2D eigenvalue weighted by Crippen LogP contribution is 2.30. The van der Waals surface area contributed by atoms with Crippen LogP contribution < -0.4 is 10.6 Å². The van der Waals surface area contributed by atoms with Crippen molar-refractivity contribution >= 4 is 5.69 Å². The average molecular weight is 246 g/mol. The zero-order valence-corrected chi connectivity index (χ0v) is 11.7. The topological polar surface area (TPSA) is 29.3 Å². The lowest BCUT2D eigenvalue weighted by Crippen LogP contribution is -2.45. The Kier molecular flexibility index (Phi) is 4.65. The maximum atomic E-state index is 6.05. The second-order valence-corrected chi connectivity index (χ2v) is 5.47. The van der Waals surface area contributed by atoms with Gasteiger partial charge >= 0.3 is 0 Å². The molecule has 2 nitrogen and oxygen atoms in total. The number of nitrogens with zero attached hydrogens (tertiary/aromatic N) is 1. The molecule has 2 atom stereocenters. The minimum absolute atomic E-state index is 0.481. The number of nitrogens with two attached hydrogens (primary N) is 1. The van der Waals surface area contributed by atoms with Crippen LogP contribution in [0.4, 0.5) is 5.69 Å². The summed E-state index contributed by atoms with van der Waals surface area (Å²) in [6.07, 6.45) is 4.98. The number of anilines is 1. The van der Waals surface area contributed by atoms with Gasteiger partial charge in [0.25, 0.3) is 0 Å². The van der Waals surface area contributed by atoms with Crippen LogP contribution in [0.1, 0.15) is 38.7 Å². The lowest BCUT2D eigenvalue weighted by molar-refractivity contribution is 0.417. The van der Waals surface area contributed by atoms with Gasteiger partial charge in [-0.15, -0.1) is 0 Å². The maximum absolute atomic E-state index is 6.05. The second kappa shape index (κ2) is 6.24. The lowest BCUT2D eigenvalue weighted by Gasteiger charge is -2.36. The van der Waals surface area contributed by atoms with Gasteiger partial charge in [0.15, 0.2) is 0 Å². The first-order valence-corrected chi connectivity index (χ1v) is 7.32. The molecule has 0 bridgehead atoms. The van der Waals surface area contributed by atoms with Gasteiger partial charge < -0.3 is 10.6 Å². The molecule has 0 aromatic heterocycles. The molecule has 0 spiro atoms. The Balaban J connectivity index is 2.31. The van der Waals surface area contributed by atoms with Crippen LogP contribution in [0.5, 0.6) is 0 Å². The second-order valence-electron chi connectivity index (χ2n) is 5.47. The van der Waals surface area contributed by atoms with E-state index in [1.54, 1.807) is 0 Å². The number of hydrogen-bond acceptors (Lipinski definition) is 2. The van der Waals surface area contributed by atoms with Gasteiger partial charge in [-0.2, -0.15) is 0 Å². The van der Waals surface area contributed by atoms with Gasteiger partial charge in [-0.05, 0) is 36.8 Å². The Hall–Kier alpha value is -1.02. The van der Waals surface area contributed by atoms with Crippen LogP contribution in [0.15, 0.2) is 24.3 Å². The van der Waals surface area contributed by atoms with Crippen LogP contribution in [-0.4, -0.2) is 19.1 Å². The molecular weight excluding hydrogens is 220 g/mol. The molecule has 1 aromatic rings. The van der Waals surface area contributed by atoms with Crippen molar-refractivity contribution in [1.29, 1.82) is 0 Å². The molecule has 18 heavy (non-hydrogen) atoms. The summed E-state index contributed by atoms with van der Waals surface area (Å²) in [5.74, 6) is 0.654. The summed E-state index contributed by atoms with van der Waals surface area (Å²) < 4.78 is 0. The van der Waals surface area contributed by atoms with Gasteiger partial charge in [-0.3, -0.25) is 0 Å². The first-order valence-electron chi connectivity index (χ1n) is 7.32. The van der Waals surface area contributed by atoms with Crippen molar-refractivity contribution in [2.24, 2.45) is 11.7 Å². The molecular formula is C16H26N2. The third-order valence-corrected chi connectivity index (χ3v) is 4.34. The Morgan fingerprint density at radius 2 is 2.06 bits per heavy atom. The Morgan fingerprint density at radius 3 is 2.78 bits per heavy atom. The van der Waals surface area contributed by atoms with Crippen molar-refractivity contribution < 1.29 is 0 Å². The molecule has 2 unspecified atom stereocenters. The van der Waals surface area contributed by atoms with E-state index in [2.05, 4.69) is 43.0 Å². The first kappa shape index (κ1) is 13.4. The SMILES string of the molecule is CCC(C)C(CN)N1CCCCc2ccccc21. The number of hydrogen-bond donors (Lipinski definition) is 1. The van der Waals surface area contributed by atoms with E-state index in [4.69, 9.17) is 5.73 Å². The first-order chi connectivity index (χ1) is 8.77. The molecule has 0 fully saturated rings. The van der Waals surface area contributed by atoms with Gasteiger partial charge in [0, 0.05) is 24.8 Å². The predicted octanol–water partition coefficient (Wildman–Crippen LogP) is 3.20. The number of benzene rings is 1. The van der Waals surface area contributed by atoms with Gasteiger partial charge in [-0.25, -0.2) is 0 Å². The van der Waals surface area contributed by atoms with E-state index in [-0.39, 0.29) is 0 Å². The van der Waals surface area contributed by atoms with Gasteiger partial charge in [-0.1, -0.05) is 38.5 Å². The quantitative estimate of drug-likeness (QED) is 0.884. The van der Waals surface area contributed by atoms with Crippen LogP contribution in [0, 0.1) is 5.92 Å². The Labute approximate surface area is 111 Å². The Bertz CT molecular complexity index is 375. The van der Waals surface area contributed by atoms with Crippen LogP contribution in [0.2, 0.25) is 0 Å². The third kappa shape index (κ3) is 2.69. The number of aryl methyl sites for hydroxylation is 1. The summed E-state index contributed by atoms with van der Waals surface area (Å²) in [6.45, 7) is 6.49. The minimum Gasteiger partial charge on any atom is -0.367 e. The van der Waals surface area contributed by atoms with Gasteiger partial charge in [0.1, 0.15) is 0 Å². The maximum Gasteiger partial charge on any atom is 0.0437 e. The summed E-state index contributed by atoms with van der Waals surface area (Å²) in [7, 11) is 0. The molecule has 0 saturated carbocycles. The molecule has 1 aliphatic heterocycles. The normalized spacial score (nSPS) is 18.9. The zero-order chi connectivity index (χ0) is 13.0. The summed E-state index contributed by atoms with van der Waals surface area (Å²) in [5.41, 5.74) is 8.97. The summed E-state index contributed by atoms with van der Waals surface area (Å²) >= 11 is 0. The van der Waals surface area contributed by atoms with Crippen LogP contribution >= 0.6 is 0 Å². The fourth-order valence-electron chi connectivity index (χ4n) is 3.00. The molecule has 1 heterocycles. The summed E-state index contributed by atoms with van der Waals surface area (Å²) in [5, 5.41) is 0. The highest BCUT2D eigenvalue weighted by molar-refractivity contribution is 5.55. The molecule has 1 aliphatic rings. The molecule has 0 radical (unpaired) electrons. The minimum atomic E-state index is 0.481. The molecule has 0 amide bonds. The predicted molar refractivity (Wildman–Crippen MR) is 79.0 cm³/mol. The molecule has 2 N–H and O–H groups in total. The van der Waals surface area contributed by atoms with E-state index in [1.807, 2.05) is 0 Å². The summed E-state index contributed by atoms with van der Waals surface area (Å²) in [6, 6.07) is 9.34. The molecule has 0 aliphatic carbocycles. The van der Waals surface area contributed by atoms with Gasteiger partial charge in [0.05, 0.1) is 0 Å². The highest BCUT2D eigenvalue weighted by Gasteiger charge is 2.25. The fraction of sp³-hybridized carbons (Fsp3) is 0.625. The van der Waals surface area contributed by atoms with Gasteiger partial charge in [0.2, 0.25) is 0 Å². The fourth-order valence-corrected chi connectivity index (χ4v) is 3.00. The van der Waals surface area contributed by atoms with Crippen molar-refractivity contribution in [2.75, 3.05) is 18.0 Å². The number of fused-ring (bicyclic) bond motifs is 1. The third-order valence-electron chi connectivity index (χ3n) is 4.34.